The number of benzene rings is 1. The van der Waals surface area contributed by atoms with Crippen LogP contribution in [0.1, 0.15) is 12.5 Å². The minimum atomic E-state index is 0. The highest BCUT2D eigenvalue weighted by Crippen LogP contribution is 2.35. The molecule has 1 aromatic heterocycles. The van der Waals surface area contributed by atoms with E-state index in [1.807, 2.05) is 30.6 Å². The number of nitrogens with one attached hydrogen (secondary N) is 1. The van der Waals surface area contributed by atoms with Gasteiger partial charge in [0.05, 0.1) is 6.61 Å². The molecule has 0 unspecified atom stereocenters. The molecule has 8 heteroatoms. The van der Waals surface area contributed by atoms with Crippen molar-refractivity contribution in [3.8, 4) is 22.9 Å². The smallest absolute Gasteiger partial charge is 0.162 e. The first-order valence-corrected chi connectivity index (χ1v) is 7.62. The van der Waals surface area contributed by atoms with Crippen molar-refractivity contribution < 1.29 is 14.6 Å². The van der Waals surface area contributed by atoms with Gasteiger partial charge in [0.1, 0.15) is 19.0 Å². The molecular formula is C16H21Cl2N3O3. The lowest BCUT2D eigenvalue weighted by molar-refractivity contribution is 0.171. The van der Waals surface area contributed by atoms with Crippen LogP contribution < -0.4 is 14.8 Å². The first-order chi connectivity index (χ1) is 10.8. The Bertz CT molecular complexity index is 680. The van der Waals surface area contributed by atoms with Crippen LogP contribution in [0, 0.1) is 0 Å². The molecule has 2 N–H and O–H groups in total. The van der Waals surface area contributed by atoms with E-state index in [-0.39, 0.29) is 37.5 Å². The maximum atomic E-state index is 9.28. The molecule has 2 atom stereocenters. The van der Waals surface area contributed by atoms with Gasteiger partial charge in [-0.05, 0) is 24.6 Å². The maximum absolute atomic E-state index is 9.28. The molecular weight excluding hydrogens is 353 g/mol. The van der Waals surface area contributed by atoms with E-state index in [4.69, 9.17) is 9.47 Å². The van der Waals surface area contributed by atoms with Crippen LogP contribution in [0.4, 0.5) is 0 Å². The molecule has 0 bridgehead atoms. The molecule has 4 rings (SSSR count). The number of aromatic nitrogens is 2. The van der Waals surface area contributed by atoms with Gasteiger partial charge in [-0.25, -0.2) is 4.98 Å². The summed E-state index contributed by atoms with van der Waals surface area (Å²) in [7, 11) is 0. The van der Waals surface area contributed by atoms with Crippen LogP contribution in [0.15, 0.2) is 30.6 Å². The number of nitrogens with zero attached hydrogens (tertiary/aromatic N) is 2. The fourth-order valence-electron chi connectivity index (χ4n) is 3.16. The number of imidazole rings is 1. The Labute approximate surface area is 153 Å². The monoisotopic (exact) mass is 373 g/mol. The molecule has 2 aromatic rings. The van der Waals surface area contributed by atoms with Crippen LogP contribution in [0.2, 0.25) is 0 Å². The highest BCUT2D eigenvalue weighted by Gasteiger charge is 2.26. The fraction of sp³-hybridized carbons (Fsp3) is 0.438. The highest BCUT2D eigenvalue weighted by molar-refractivity contribution is 5.85. The molecule has 0 aliphatic carbocycles. The Morgan fingerprint density at radius 2 is 2.00 bits per heavy atom. The Morgan fingerprint density at radius 1 is 1.21 bits per heavy atom. The largest absolute Gasteiger partial charge is 0.486 e. The standard InChI is InChI=1S/C16H19N3O3.2ClH/c20-10-12-8-13(9-18-12)19-4-3-17-16(19)11-1-2-14-15(7-11)22-6-5-21-14;;/h1-4,7,12-13,18,20H,5-6,8-10H2;2*1H/t12-,13+;;/m0../s1. The van der Waals surface area contributed by atoms with Crippen LogP contribution in [0.3, 0.4) is 0 Å². The summed E-state index contributed by atoms with van der Waals surface area (Å²) >= 11 is 0. The molecule has 0 radical (unpaired) electrons. The van der Waals surface area contributed by atoms with Crippen molar-refractivity contribution in [1.29, 1.82) is 0 Å². The van der Waals surface area contributed by atoms with E-state index in [0.29, 0.717) is 19.3 Å². The highest BCUT2D eigenvalue weighted by atomic mass is 35.5. The first kappa shape index (κ1) is 18.9. The predicted molar refractivity (Wildman–Crippen MR) is 95.7 cm³/mol. The number of ether oxygens (including phenoxy) is 2. The Hall–Kier alpha value is -1.47. The summed E-state index contributed by atoms with van der Waals surface area (Å²) in [6, 6.07) is 6.41. The quantitative estimate of drug-likeness (QED) is 0.861. The van der Waals surface area contributed by atoms with Crippen molar-refractivity contribution >= 4 is 24.8 Å². The fourth-order valence-corrected chi connectivity index (χ4v) is 3.16. The van der Waals surface area contributed by atoms with Gasteiger partial charge in [-0.3, -0.25) is 0 Å². The van der Waals surface area contributed by atoms with Gasteiger partial charge in [0.25, 0.3) is 0 Å². The third kappa shape index (κ3) is 3.47. The summed E-state index contributed by atoms with van der Waals surface area (Å²) < 4.78 is 13.4. The molecule has 1 fully saturated rings. The van der Waals surface area contributed by atoms with E-state index >= 15 is 0 Å². The van der Waals surface area contributed by atoms with Crippen LogP contribution in [0.25, 0.3) is 11.4 Å². The van der Waals surface area contributed by atoms with Crippen molar-refractivity contribution in [1.82, 2.24) is 14.9 Å². The van der Waals surface area contributed by atoms with Gasteiger partial charge >= 0.3 is 0 Å². The zero-order valence-corrected chi connectivity index (χ0v) is 14.7. The van der Waals surface area contributed by atoms with Gasteiger partial charge in [0.15, 0.2) is 11.5 Å². The summed E-state index contributed by atoms with van der Waals surface area (Å²) in [5.74, 6) is 2.48. The average Bonchev–Trinajstić information content (AvgIpc) is 3.23. The van der Waals surface area contributed by atoms with E-state index in [1.54, 1.807) is 0 Å². The van der Waals surface area contributed by atoms with E-state index in [2.05, 4.69) is 14.9 Å². The van der Waals surface area contributed by atoms with Gasteiger partial charge < -0.3 is 24.5 Å². The van der Waals surface area contributed by atoms with Crippen molar-refractivity contribution in [2.24, 2.45) is 0 Å². The van der Waals surface area contributed by atoms with Gasteiger partial charge in [0, 0.05) is 36.6 Å². The summed E-state index contributed by atoms with van der Waals surface area (Å²) in [6.45, 7) is 2.19. The predicted octanol–water partition coefficient (Wildman–Crippen LogP) is 2.06. The van der Waals surface area contributed by atoms with Crippen LogP contribution in [-0.2, 0) is 0 Å². The minimum Gasteiger partial charge on any atom is -0.486 e. The van der Waals surface area contributed by atoms with Crippen LogP contribution >= 0.6 is 24.8 Å². The van der Waals surface area contributed by atoms with Gasteiger partial charge in [-0.1, -0.05) is 0 Å². The second-order valence-corrected chi connectivity index (χ2v) is 5.69. The summed E-state index contributed by atoms with van der Waals surface area (Å²) in [6.07, 6.45) is 4.72. The molecule has 0 amide bonds. The number of rotatable bonds is 3. The number of aliphatic hydroxyl groups is 1. The molecule has 0 saturated carbocycles. The molecule has 0 spiro atoms. The molecule has 24 heavy (non-hydrogen) atoms. The Morgan fingerprint density at radius 3 is 2.75 bits per heavy atom. The van der Waals surface area contributed by atoms with Gasteiger partial charge in [-0.15, -0.1) is 24.8 Å². The number of halogens is 2. The Balaban J connectivity index is 0.00000104. The van der Waals surface area contributed by atoms with Crippen molar-refractivity contribution in [2.75, 3.05) is 26.4 Å². The Kier molecular flexibility index (Phi) is 6.34. The van der Waals surface area contributed by atoms with Gasteiger partial charge in [0.2, 0.25) is 0 Å². The molecule has 2 aliphatic heterocycles. The van der Waals surface area contributed by atoms with Gasteiger partial charge in [-0.2, -0.15) is 0 Å². The molecule has 132 valence electrons. The minimum absolute atomic E-state index is 0. The second kappa shape index (κ2) is 8.07. The summed E-state index contributed by atoms with van der Waals surface area (Å²) in [4.78, 5) is 4.51. The second-order valence-electron chi connectivity index (χ2n) is 5.69. The lowest BCUT2D eigenvalue weighted by Gasteiger charge is -2.20. The van der Waals surface area contributed by atoms with Crippen molar-refractivity contribution in [2.45, 2.75) is 18.5 Å². The molecule has 6 nitrogen and oxygen atoms in total. The van der Waals surface area contributed by atoms with Crippen LogP contribution in [-0.4, -0.2) is 47.1 Å². The molecule has 2 aliphatic rings. The van der Waals surface area contributed by atoms with Crippen molar-refractivity contribution in [3.05, 3.63) is 30.6 Å². The molecule has 3 heterocycles. The van der Waals surface area contributed by atoms with Crippen LogP contribution in [0.5, 0.6) is 11.5 Å². The number of hydrogen-bond donors (Lipinski definition) is 2. The lowest BCUT2D eigenvalue weighted by atomic mass is 10.1. The topological polar surface area (TPSA) is 68.5 Å². The third-order valence-corrected chi connectivity index (χ3v) is 4.28. The zero-order chi connectivity index (χ0) is 14.9. The summed E-state index contributed by atoms with van der Waals surface area (Å²) in [5.41, 5.74) is 1.02. The number of aliphatic hydroxyl groups excluding tert-OH is 1. The average molecular weight is 374 g/mol. The number of hydrogen-bond acceptors (Lipinski definition) is 5. The normalized spacial score (nSPS) is 21.7. The SMILES string of the molecule is Cl.Cl.OC[C@@H]1C[C@@H](n2ccnc2-c2ccc3c(c2)OCCO3)CN1. The van der Waals surface area contributed by atoms with E-state index in [0.717, 1.165) is 35.9 Å². The van der Waals surface area contributed by atoms with E-state index in [9.17, 15) is 5.11 Å². The molecule has 1 saturated heterocycles. The number of fused-ring (bicyclic) bond motifs is 1. The maximum Gasteiger partial charge on any atom is 0.162 e. The zero-order valence-electron chi connectivity index (χ0n) is 13.1. The molecule has 1 aromatic carbocycles. The first-order valence-electron chi connectivity index (χ1n) is 7.62. The van der Waals surface area contributed by atoms with E-state index < -0.39 is 0 Å². The lowest BCUT2D eigenvalue weighted by Crippen LogP contribution is -2.24. The van der Waals surface area contributed by atoms with E-state index in [1.165, 1.54) is 0 Å². The van der Waals surface area contributed by atoms with Crippen molar-refractivity contribution in [3.63, 3.8) is 0 Å². The summed E-state index contributed by atoms with van der Waals surface area (Å²) in [5, 5.41) is 12.6. The third-order valence-electron chi connectivity index (χ3n) is 4.28.